The number of ether oxygens (including phenoxy) is 2. The van der Waals surface area contributed by atoms with Gasteiger partial charge in [0.2, 0.25) is 0 Å². The fraction of sp³-hybridized carbons (Fsp3) is 0.917. The molecule has 0 aromatic carbocycles. The summed E-state index contributed by atoms with van der Waals surface area (Å²) in [6.45, 7) is 8.30. The third-order valence-corrected chi connectivity index (χ3v) is 3.20. The molecule has 100 valence electrons. The van der Waals surface area contributed by atoms with E-state index < -0.39 is 5.97 Å². The van der Waals surface area contributed by atoms with Crippen molar-refractivity contribution in [3.63, 3.8) is 0 Å². The molecular weight excluding hydrogens is 222 g/mol. The Morgan fingerprint density at radius 2 is 2.06 bits per heavy atom. The highest BCUT2D eigenvalue weighted by Crippen LogP contribution is 2.29. The maximum Gasteiger partial charge on any atom is 0.329 e. The Morgan fingerprint density at radius 1 is 1.47 bits per heavy atom. The minimum atomic E-state index is -0.915. The van der Waals surface area contributed by atoms with Crippen molar-refractivity contribution in [3.05, 3.63) is 0 Å². The van der Waals surface area contributed by atoms with Crippen molar-refractivity contribution in [2.75, 3.05) is 33.4 Å². The molecule has 0 aliphatic carbocycles. The lowest BCUT2D eigenvalue weighted by atomic mass is 9.90. The zero-order valence-corrected chi connectivity index (χ0v) is 11.1. The molecule has 0 radical (unpaired) electrons. The number of aliphatic carboxylic acids is 1. The van der Waals surface area contributed by atoms with Gasteiger partial charge in [0.1, 0.15) is 6.61 Å². The van der Waals surface area contributed by atoms with Crippen molar-refractivity contribution in [1.29, 1.82) is 0 Å². The van der Waals surface area contributed by atoms with Crippen LogP contribution in [0.1, 0.15) is 20.8 Å². The Balaban J connectivity index is 2.39. The molecule has 1 atom stereocenters. The van der Waals surface area contributed by atoms with Crippen LogP contribution >= 0.6 is 0 Å². The minimum Gasteiger partial charge on any atom is -0.480 e. The second-order valence-corrected chi connectivity index (χ2v) is 5.30. The summed E-state index contributed by atoms with van der Waals surface area (Å²) in [5.41, 5.74) is -0.320. The molecule has 0 saturated carbocycles. The van der Waals surface area contributed by atoms with Gasteiger partial charge in [0.15, 0.2) is 0 Å². The number of hydrogen-bond acceptors (Lipinski definition) is 4. The predicted octanol–water partition coefficient (Wildman–Crippen LogP) is 0.833. The maximum atomic E-state index is 10.5. The number of carbonyl (C=O) groups is 1. The Kier molecular flexibility index (Phi) is 4.91. The Labute approximate surface area is 103 Å². The number of nitrogens with zero attached hydrogens (tertiary/aromatic N) is 1. The van der Waals surface area contributed by atoms with E-state index in [0.717, 1.165) is 13.1 Å². The molecule has 0 aromatic rings. The van der Waals surface area contributed by atoms with Crippen LogP contribution in [0.5, 0.6) is 0 Å². The van der Waals surface area contributed by atoms with Crippen LogP contribution in [0.4, 0.5) is 0 Å². The second kappa shape index (κ2) is 5.80. The Bertz CT molecular complexity index is 261. The molecule has 0 spiro atoms. The summed E-state index contributed by atoms with van der Waals surface area (Å²) in [6.07, 6.45) is 0. The summed E-state index contributed by atoms with van der Waals surface area (Å²) < 4.78 is 10.6. The topological polar surface area (TPSA) is 59.0 Å². The summed E-state index contributed by atoms with van der Waals surface area (Å²) in [5, 5.41) is 8.59. The monoisotopic (exact) mass is 245 g/mol. The quantitative estimate of drug-likeness (QED) is 0.720. The first-order chi connectivity index (χ1) is 7.88. The summed E-state index contributed by atoms with van der Waals surface area (Å²) in [6, 6.07) is 0.376. The van der Waals surface area contributed by atoms with Crippen LogP contribution in [-0.2, 0) is 14.3 Å². The highest BCUT2D eigenvalue weighted by Gasteiger charge is 2.43. The van der Waals surface area contributed by atoms with Crippen molar-refractivity contribution < 1.29 is 19.4 Å². The van der Waals surface area contributed by atoms with E-state index in [-0.39, 0.29) is 12.2 Å². The summed E-state index contributed by atoms with van der Waals surface area (Å²) in [5.74, 6) is -0.402. The van der Waals surface area contributed by atoms with E-state index in [9.17, 15) is 4.79 Å². The highest BCUT2D eigenvalue weighted by atomic mass is 16.5. The van der Waals surface area contributed by atoms with Gasteiger partial charge in [-0.1, -0.05) is 13.8 Å². The lowest BCUT2D eigenvalue weighted by Crippen LogP contribution is -2.66. The lowest BCUT2D eigenvalue weighted by Gasteiger charge is -2.51. The third kappa shape index (κ3) is 3.94. The van der Waals surface area contributed by atoms with Gasteiger partial charge < -0.3 is 14.6 Å². The SMILES string of the molecule is COCC(C(C)C)N1CC(C)(OCC(=O)O)C1. The maximum absolute atomic E-state index is 10.5. The molecule has 1 aliphatic rings. The van der Waals surface area contributed by atoms with E-state index in [1.807, 2.05) is 6.92 Å². The summed E-state index contributed by atoms with van der Waals surface area (Å²) in [4.78, 5) is 12.7. The van der Waals surface area contributed by atoms with Gasteiger partial charge in [0, 0.05) is 26.2 Å². The molecule has 5 heteroatoms. The number of carboxylic acid groups (broad SMARTS) is 1. The van der Waals surface area contributed by atoms with Gasteiger partial charge in [0.05, 0.1) is 12.2 Å². The average Bonchev–Trinajstić information content (AvgIpc) is 2.19. The van der Waals surface area contributed by atoms with Gasteiger partial charge in [-0.25, -0.2) is 4.79 Å². The van der Waals surface area contributed by atoms with Crippen molar-refractivity contribution in [3.8, 4) is 0 Å². The molecule has 1 heterocycles. The highest BCUT2D eigenvalue weighted by molar-refractivity contribution is 5.68. The van der Waals surface area contributed by atoms with Gasteiger partial charge in [-0.2, -0.15) is 0 Å². The average molecular weight is 245 g/mol. The molecule has 1 unspecified atom stereocenters. The zero-order valence-electron chi connectivity index (χ0n) is 11.1. The fourth-order valence-corrected chi connectivity index (χ4v) is 2.26. The van der Waals surface area contributed by atoms with Crippen LogP contribution in [0, 0.1) is 5.92 Å². The van der Waals surface area contributed by atoms with E-state index in [4.69, 9.17) is 14.6 Å². The van der Waals surface area contributed by atoms with E-state index in [1.165, 1.54) is 0 Å². The first kappa shape index (κ1) is 14.4. The molecule has 0 bridgehead atoms. The largest absolute Gasteiger partial charge is 0.480 e. The summed E-state index contributed by atoms with van der Waals surface area (Å²) in [7, 11) is 1.70. The Hall–Kier alpha value is -0.650. The van der Waals surface area contributed by atoms with E-state index >= 15 is 0 Å². The standard InChI is InChI=1S/C12H23NO4/c1-9(2)10(5-16-4)13-7-12(3,8-13)17-6-11(14)15/h9-10H,5-8H2,1-4H3,(H,14,15). The molecule has 5 nitrogen and oxygen atoms in total. The first-order valence-corrected chi connectivity index (χ1v) is 5.97. The number of rotatable bonds is 7. The van der Waals surface area contributed by atoms with E-state index in [0.29, 0.717) is 18.6 Å². The number of likely N-dealkylation sites (tertiary alicyclic amines) is 1. The fourth-order valence-electron chi connectivity index (χ4n) is 2.26. The van der Waals surface area contributed by atoms with Crippen LogP contribution in [0.25, 0.3) is 0 Å². The van der Waals surface area contributed by atoms with Crippen LogP contribution in [0.2, 0.25) is 0 Å². The smallest absolute Gasteiger partial charge is 0.329 e. The molecule has 1 N–H and O–H groups in total. The van der Waals surface area contributed by atoms with Crippen LogP contribution in [0.15, 0.2) is 0 Å². The first-order valence-electron chi connectivity index (χ1n) is 5.97. The predicted molar refractivity (Wildman–Crippen MR) is 64.1 cm³/mol. The van der Waals surface area contributed by atoms with Gasteiger partial charge in [-0.05, 0) is 12.8 Å². The second-order valence-electron chi connectivity index (χ2n) is 5.30. The normalized spacial score (nSPS) is 21.2. The zero-order chi connectivity index (χ0) is 13.1. The van der Waals surface area contributed by atoms with Gasteiger partial charge in [-0.3, -0.25) is 4.90 Å². The number of methoxy groups -OCH3 is 1. The molecule has 1 rings (SSSR count). The number of carboxylic acids is 1. The van der Waals surface area contributed by atoms with Crippen molar-refractivity contribution in [2.24, 2.45) is 5.92 Å². The van der Waals surface area contributed by atoms with Gasteiger partial charge >= 0.3 is 5.97 Å². The van der Waals surface area contributed by atoms with Crippen LogP contribution < -0.4 is 0 Å². The molecule has 1 saturated heterocycles. The van der Waals surface area contributed by atoms with Crippen molar-refractivity contribution >= 4 is 5.97 Å². The summed E-state index contributed by atoms with van der Waals surface area (Å²) >= 11 is 0. The Morgan fingerprint density at radius 3 is 2.47 bits per heavy atom. The molecular formula is C12H23NO4. The molecule has 0 amide bonds. The number of hydrogen-bond donors (Lipinski definition) is 1. The van der Waals surface area contributed by atoms with Crippen molar-refractivity contribution in [2.45, 2.75) is 32.4 Å². The lowest BCUT2D eigenvalue weighted by molar-refractivity contribution is -0.174. The molecule has 1 fully saturated rings. The van der Waals surface area contributed by atoms with E-state index in [2.05, 4.69) is 18.7 Å². The van der Waals surface area contributed by atoms with Gasteiger partial charge in [-0.15, -0.1) is 0 Å². The molecule has 1 aliphatic heterocycles. The minimum absolute atomic E-state index is 0.221. The third-order valence-electron chi connectivity index (χ3n) is 3.20. The van der Waals surface area contributed by atoms with Crippen LogP contribution in [0.3, 0.4) is 0 Å². The molecule has 0 aromatic heterocycles. The molecule has 17 heavy (non-hydrogen) atoms. The van der Waals surface area contributed by atoms with Crippen LogP contribution in [-0.4, -0.2) is 61.0 Å². The van der Waals surface area contributed by atoms with Gasteiger partial charge in [0.25, 0.3) is 0 Å². The van der Waals surface area contributed by atoms with Crippen molar-refractivity contribution in [1.82, 2.24) is 4.90 Å². The van der Waals surface area contributed by atoms with E-state index in [1.54, 1.807) is 7.11 Å².